The van der Waals surface area contributed by atoms with Crippen molar-refractivity contribution in [3.63, 3.8) is 0 Å². The van der Waals surface area contributed by atoms with Crippen LogP contribution in [0.2, 0.25) is 0 Å². The number of aryl methyl sites for hydroxylation is 2. The number of hydrogen-bond donors (Lipinski definition) is 2. The van der Waals surface area contributed by atoms with Crippen LogP contribution < -0.4 is 11.1 Å². The number of nitrogens with one attached hydrogen (secondary N) is 1. The van der Waals surface area contributed by atoms with Crippen LogP contribution in [0.1, 0.15) is 30.4 Å². The summed E-state index contributed by atoms with van der Waals surface area (Å²) in [4.78, 5) is 12.1. The molecule has 1 aliphatic carbocycles. The molecule has 2 unspecified atom stereocenters. The van der Waals surface area contributed by atoms with E-state index in [0.717, 1.165) is 36.1 Å². The summed E-state index contributed by atoms with van der Waals surface area (Å²) in [5.74, 6) is 0.0543. The van der Waals surface area contributed by atoms with Crippen molar-refractivity contribution in [3.8, 4) is 0 Å². The molecule has 100 valence electrons. The van der Waals surface area contributed by atoms with Gasteiger partial charge in [-0.05, 0) is 43.9 Å². The third-order valence-electron chi connectivity index (χ3n) is 3.56. The molecule has 2 atom stereocenters. The molecule has 2 rings (SSSR count). The third kappa shape index (κ3) is 3.24. The third-order valence-corrected chi connectivity index (χ3v) is 3.56. The van der Waals surface area contributed by atoms with Crippen LogP contribution in [-0.4, -0.2) is 11.9 Å². The van der Waals surface area contributed by atoms with E-state index in [-0.39, 0.29) is 30.3 Å². The van der Waals surface area contributed by atoms with E-state index in [1.807, 2.05) is 32.0 Å². The predicted octanol–water partition coefficient (Wildman–Crippen LogP) is 2.79. The Morgan fingerprint density at radius 2 is 2.06 bits per heavy atom. The molecule has 1 saturated carbocycles. The molecular formula is C14H21ClN2O. The molecule has 0 saturated heterocycles. The summed E-state index contributed by atoms with van der Waals surface area (Å²) >= 11 is 0. The first kappa shape index (κ1) is 15.0. The number of halogens is 1. The summed E-state index contributed by atoms with van der Waals surface area (Å²) in [6.07, 6.45) is 2.94. The molecule has 1 aromatic rings. The van der Waals surface area contributed by atoms with Crippen LogP contribution >= 0.6 is 12.4 Å². The van der Waals surface area contributed by atoms with Gasteiger partial charge in [-0.15, -0.1) is 12.4 Å². The second-order valence-electron chi connectivity index (χ2n) is 5.01. The largest absolute Gasteiger partial charge is 0.327 e. The smallest absolute Gasteiger partial charge is 0.229 e. The molecular weight excluding hydrogens is 248 g/mol. The number of anilines is 1. The van der Waals surface area contributed by atoms with Gasteiger partial charge < -0.3 is 11.1 Å². The van der Waals surface area contributed by atoms with Crippen molar-refractivity contribution in [2.75, 3.05) is 5.32 Å². The topological polar surface area (TPSA) is 55.1 Å². The number of carbonyl (C=O) groups excluding carboxylic acids is 1. The predicted molar refractivity (Wildman–Crippen MR) is 77.1 cm³/mol. The lowest BCUT2D eigenvalue weighted by molar-refractivity contribution is -0.120. The van der Waals surface area contributed by atoms with Crippen molar-refractivity contribution < 1.29 is 4.79 Å². The maximum Gasteiger partial charge on any atom is 0.229 e. The number of amides is 1. The highest BCUT2D eigenvalue weighted by atomic mass is 35.5. The first-order valence-corrected chi connectivity index (χ1v) is 6.21. The number of nitrogens with two attached hydrogens (primary N) is 1. The lowest BCUT2D eigenvalue weighted by atomic mass is 10.0. The maximum absolute atomic E-state index is 12.1. The van der Waals surface area contributed by atoms with Crippen molar-refractivity contribution in [1.29, 1.82) is 0 Å². The quantitative estimate of drug-likeness (QED) is 0.867. The van der Waals surface area contributed by atoms with E-state index in [4.69, 9.17) is 5.73 Å². The Morgan fingerprint density at radius 1 is 1.33 bits per heavy atom. The van der Waals surface area contributed by atoms with Gasteiger partial charge in [0.15, 0.2) is 0 Å². The van der Waals surface area contributed by atoms with Gasteiger partial charge >= 0.3 is 0 Å². The Bertz CT molecular complexity index is 434. The molecule has 3 N–H and O–H groups in total. The highest BCUT2D eigenvalue weighted by Crippen LogP contribution is 2.26. The van der Waals surface area contributed by atoms with E-state index in [9.17, 15) is 4.79 Å². The van der Waals surface area contributed by atoms with Gasteiger partial charge in [0.1, 0.15) is 0 Å². The van der Waals surface area contributed by atoms with Crippen LogP contribution in [0.5, 0.6) is 0 Å². The van der Waals surface area contributed by atoms with E-state index >= 15 is 0 Å². The van der Waals surface area contributed by atoms with Crippen molar-refractivity contribution >= 4 is 24.0 Å². The molecule has 1 aliphatic rings. The van der Waals surface area contributed by atoms with Crippen LogP contribution in [0.3, 0.4) is 0 Å². The number of benzene rings is 1. The highest BCUT2D eigenvalue weighted by molar-refractivity contribution is 5.94. The minimum absolute atomic E-state index is 0. The van der Waals surface area contributed by atoms with E-state index < -0.39 is 0 Å². The molecule has 0 spiro atoms. The van der Waals surface area contributed by atoms with Crippen LogP contribution in [0.25, 0.3) is 0 Å². The number of rotatable bonds is 2. The Kier molecular flexibility index (Phi) is 5.17. The van der Waals surface area contributed by atoms with Crippen LogP contribution in [0, 0.1) is 19.8 Å². The van der Waals surface area contributed by atoms with Gasteiger partial charge in [-0.3, -0.25) is 4.79 Å². The molecule has 0 radical (unpaired) electrons. The lowest BCUT2D eigenvalue weighted by Crippen LogP contribution is -2.34. The zero-order chi connectivity index (χ0) is 12.4. The molecule has 1 aromatic carbocycles. The normalized spacial score (nSPS) is 22.4. The summed E-state index contributed by atoms with van der Waals surface area (Å²) in [6.45, 7) is 4.03. The summed E-state index contributed by atoms with van der Waals surface area (Å²) < 4.78 is 0. The van der Waals surface area contributed by atoms with Gasteiger partial charge in [-0.2, -0.15) is 0 Å². The monoisotopic (exact) mass is 268 g/mol. The lowest BCUT2D eigenvalue weighted by Gasteiger charge is -2.16. The standard InChI is InChI=1S/C14H20N2O.ClH/c1-9-6-7-10(2)13(8-9)16-14(17)11-4-3-5-12(11)15;/h6-8,11-12H,3-5,15H2,1-2H3,(H,16,17);1H. The van der Waals surface area contributed by atoms with Crippen molar-refractivity contribution in [2.24, 2.45) is 11.7 Å². The molecule has 3 nitrogen and oxygen atoms in total. The van der Waals surface area contributed by atoms with Gasteiger partial charge in [-0.25, -0.2) is 0 Å². The summed E-state index contributed by atoms with van der Waals surface area (Å²) in [7, 11) is 0. The van der Waals surface area contributed by atoms with Crippen LogP contribution in [0.4, 0.5) is 5.69 Å². The van der Waals surface area contributed by atoms with E-state index in [1.54, 1.807) is 0 Å². The Labute approximate surface area is 115 Å². The van der Waals surface area contributed by atoms with Gasteiger partial charge in [0.25, 0.3) is 0 Å². The number of hydrogen-bond acceptors (Lipinski definition) is 2. The average Bonchev–Trinajstić information content (AvgIpc) is 2.70. The Hall–Kier alpha value is -1.06. The fourth-order valence-electron chi connectivity index (χ4n) is 2.41. The molecule has 4 heteroatoms. The summed E-state index contributed by atoms with van der Waals surface area (Å²) in [5.41, 5.74) is 9.10. The van der Waals surface area contributed by atoms with Crippen molar-refractivity contribution in [3.05, 3.63) is 29.3 Å². The van der Waals surface area contributed by atoms with E-state index in [1.165, 1.54) is 0 Å². The molecule has 0 bridgehead atoms. The minimum atomic E-state index is -0.0186. The van der Waals surface area contributed by atoms with E-state index in [0.29, 0.717) is 0 Å². The van der Waals surface area contributed by atoms with Crippen LogP contribution in [-0.2, 0) is 4.79 Å². The number of carbonyl (C=O) groups is 1. The van der Waals surface area contributed by atoms with Gasteiger partial charge in [0.05, 0.1) is 5.92 Å². The second kappa shape index (κ2) is 6.21. The van der Waals surface area contributed by atoms with Gasteiger partial charge in [0.2, 0.25) is 5.91 Å². The fourth-order valence-corrected chi connectivity index (χ4v) is 2.41. The Morgan fingerprint density at radius 3 is 2.67 bits per heavy atom. The first-order chi connectivity index (χ1) is 8.08. The second-order valence-corrected chi connectivity index (χ2v) is 5.01. The molecule has 18 heavy (non-hydrogen) atoms. The summed E-state index contributed by atoms with van der Waals surface area (Å²) in [6, 6.07) is 6.11. The molecule has 0 heterocycles. The molecule has 1 fully saturated rings. The fraction of sp³-hybridized carbons (Fsp3) is 0.500. The summed E-state index contributed by atoms with van der Waals surface area (Å²) in [5, 5.41) is 3.00. The average molecular weight is 269 g/mol. The Balaban J connectivity index is 0.00000162. The van der Waals surface area contributed by atoms with Crippen LogP contribution in [0.15, 0.2) is 18.2 Å². The highest BCUT2D eigenvalue weighted by Gasteiger charge is 2.30. The molecule has 1 amide bonds. The SMILES string of the molecule is Cc1ccc(C)c(NC(=O)C2CCCC2N)c1.Cl. The molecule has 0 aromatic heterocycles. The zero-order valence-corrected chi connectivity index (χ0v) is 11.7. The van der Waals surface area contributed by atoms with Gasteiger partial charge in [0, 0.05) is 11.7 Å². The zero-order valence-electron chi connectivity index (χ0n) is 10.9. The first-order valence-electron chi connectivity index (χ1n) is 6.21. The maximum atomic E-state index is 12.1. The van der Waals surface area contributed by atoms with Crippen molar-refractivity contribution in [1.82, 2.24) is 0 Å². The van der Waals surface area contributed by atoms with Crippen molar-refractivity contribution in [2.45, 2.75) is 39.2 Å². The van der Waals surface area contributed by atoms with Gasteiger partial charge in [-0.1, -0.05) is 18.6 Å². The minimum Gasteiger partial charge on any atom is -0.327 e. The van der Waals surface area contributed by atoms with E-state index in [2.05, 4.69) is 5.32 Å². The molecule has 0 aliphatic heterocycles.